The van der Waals surface area contributed by atoms with Crippen molar-refractivity contribution < 1.29 is 67.3 Å². The summed E-state index contributed by atoms with van der Waals surface area (Å²) >= 11 is 9.96. The number of Topliss-reactive ketones (excluding diaryl/α,β-unsaturated/α-hetero) is 2. The second-order valence-electron chi connectivity index (χ2n) is 8.39. The second kappa shape index (κ2) is 25.3. The van der Waals surface area contributed by atoms with Gasteiger partial charge in [0, 0.05) is 12.8 Å². The Morgan fingerprint density at radius 3 is 2.12 bits per heavy atom. The third-order valence-corrected chi connectivity index (χ3v) is 5.79. The molecule has 14 nitrogen and oxygen atoms in total. The van der Waals surface area contributed by atoms with Crippen LogP contribution in [0.3, 0.4) is 0 Å². The number of esters is 1. The fourth-order valence-electron chi connectivity index (χ4n) is 3.21. The van der Waals surface area contributed by atoms with E-state index in [4.69, 9.17) is 39.6 Å². The zero-order chi connectivity index (χ0) is 30.8. The molecule has 0 aromatic heterocycles. The molecule has 1 heterocycles. The Hall–Kier alpha value is -3.16. The number of hydrogen-bond donors (Lipinski definition) is 2. The maximum absolute atomic E-state index is 12.0. The summed E-state index contributed by atoms with van der Waals surface area (Å²) in [7, 11) is 1.20. The van der Waals surface area contributed by atoms with Crippen LogP contribution in [0.1, 0.15) is 47.0 Å². The van der Waals surface area contributed by atoms with Gasteiger partial charge in [-0.1, -0.05) is 57.2 Å². The Balaban J connectivity index is -0.000000332. The number of nitrogens with one attached hydrogen (secondary N) is 1. The van der Waals surface area contributed by atoms with Crippen molar-refractivity contribution in [3.8, 4) is 0 Å². The molecule has 2 atom stereocenters. The maximum atomic E-state index is 12.0. The SMILES string of the molecule is C.C=CCOC(=O)N(CC(=O)OC)[C@@H](CCC(C)=O)C(N)=S.C=CCOC(=O)N1CC(=O)NC(=S)[C@@H]1CCC(C)=O.[Li+].[OH-]. The van der Waals surface area contributed by atoms with E-state index in [0.29, 0.717) is 6.42 Å². The first-order valence-electron chi connectivity index (χ1n) is 12.1. The molecule has 1 aliphatic rings. The first-order chi connectivity index (χ1) is 18.8. The van der Waals surface area contributed by atoms with E-state index < -0.39 is 30.2 Å². The number of thiocarbonyl (C=S) groups is 2. The van der Waals surface area contributed by atoms with Gasteiger partial charge in [0.25, 0.3) is 0 Å². The predicted molar refractivity (Wildman–Crippen MR) is 162 cm³/mol. The number of methoxy groups -OCH3 is 1. The van der Waals surface area contributed by atoms with Crippen molar-refractivity contribution in [3.63, 3.8) is 0 Å². The third-order valence-electron chi connectivity index (χ3n) is 5.15. The van der Waals surface area contributed by atoms with Gasteiger partial charge in [-0.2, -0.15) is 0 Å². The molecular weight excluding hydrogens is 599 g/mol. The maximum Gasteiger partial charge on any atom is 1.00 e. The topological polar surface area (TPSA) is 205 Å². The van der Waals surface area contributed by atoms with Gasteiger partial charge in [0.1, 0.15) is 42.9 Å². The molecule has 1 fully saturated rings. The van der Waals surface area contributed by atoms with Crippen LogP contribution < -0.4 is 29.9 Å². The van der Waals surface area contributed by atoms with Crippen LogP contribution in [0.25, 0.3) is 0 Å². The van der Waals surface area contributed by atoms with Crippen LogP contribution in [-0.2, 0) is 33.4 Å². The number of ketones is 2. The molecule has 0 radical (unpaired) electrons. The van der Waals surface area contributed by atoms with Crippen LogP contribution in [0.2, 0.25) is 0 Å². The van der Waals surface area contributed by atoms with E-state index in [-0.39, 0.29) is 105 Å². The van der Waals surface area contributed by atoms with E-state index >= 15 is 0 Å². The van der Waals surface area contributed by atoms with E-state index in [1.807, 2.05) is 0 Å². The average molecular weight is 641 g/mol. The fraction of sp³-hybridized carbons (Fsp3) is 0.538. The summed E-state index contributed by atoms with van der Waals surface area (Å²) in [5.74, 6) is -1.08. The first kappa shape index (κ1) is 46.8. The van der Waals surface area contributed by atoms with Crippen LogP contribution in [0.4, 0.5) is 9.59 Å². The molecule has 3 amide bonds. The number of carbonyl (C=O) groups excluding carboxylic acids is 6. The Kier molecular flexibility index (Phi) is 27.6. The number of nitrogens with two attached hydrogens (primary N) is 1. The quantitative estimate of drug-likeness (QED) is 0.0776. The Bertz CT molecular complexity index is 1010. The molecule has 0 aliphatic carbocycles. The van der Waals surface area contributed by atoms with Crippen LogP contribution in [0.15, 0.2) is 25.3 Å². The van der Waals surface area contributed by atoms with Crippen molar-refractivity contribution in [2.75, 3.05) is 33.4 Å². The zero-order valence-electron chi connectivity index (χ0n) is 24.3. The van der Waals surface area contributed by atoms with Crippen molar-refractivity contribution in [1.82, 2.24) is 15.1 Å². The summed E-state index contributed by atoms with van der Waals surface area (Å²) in [6.45, 7) is 9.29. The zero-order valence-corrected chi connectivity index (χ0v) is 25.9. The van der Waals surface area contributed by atoms with Gasteiger partial charge in [0.2, 0.25) is 5.91 Å². The van der Waals surface area contributed by atoms with E-state index in [0.717, 1.165) is 4.90 Å². The number of nitrogens with zero attached hydrogens (tertiary/aromatic N) is 2. The van der Waals surface area contributed by atoms with Crippen molar-refractivity contribution in [2.24, 2.45) is 5.73 Å². The molecule has 0 unspecified atom stereocenters. The average Bonchev–Trinajstić information content (AvgIpc) is 2.88. The third kappa shape index (κ3) is 18.9. The minimum absolute atomic E-state index is 0. The number of piperazine rings is 1. The van der Waals surface area contributed by atoms with E-state index in [1.54, 1.807) is 0 Å². The number of carbonyl (C=O) groups is 6. The van der Waals surface area contributed by atoms with Gasteiger partial charge in [-0.25, -0.2) is 9.59 Å². The molecule has 0 spiro atoms. The molecule has 43 heavy (non-hydrogen) atoms. The molecule has 0 bridgehead atoms. The molecule has 238 valence electrons. The summed E-state index contributed by atoms with van der Waals surface area (Å²) in [5, 5.41) is 2.51. The molecule has 1 aliphatic heterocycles. The monoisotopic (exact) mass is 640 g/mol. The molecule has 0 aromatic rings. The molecule has 0 saturated carbocycles. The van der Waals surface area contributed by atoms with Crippen molar-refractivity contribution in [1.29, 1.82) is 0 Å². The van der Waals surface area contributed by atoms with Gasteiger partial charge < -0.3 is 40.3 Å². The van der Waals surface area contributed by atoms with Gasteiger partial charge in [-0.05, 0) is 26.7 Å². The molecule has 4 N–H and O–H groups in total. The first-order valence-corrected chi connectivity index (χ1v) is 12.9. The van der Waals surface area contributed by atoms with Gasteiger partial charge in [0.05, 0.1) is 24.2 Å². The predicted octanol–water partition coefficient (Wildman–Crippen LogP) is -0.923. The number of ether oxygens (including phenoxy) is 3. The summed E-state index contributed by atoms with van der Waals surface area (Å²) < 4.78 is 14.3. The number of amides is 3. The van der Waals surface area contributed by atoms with E-state index in [9.17, 15) is 28.8 Å². The summed E-state index contributed by atoms with van der Waals surface area (Å²) in [6.07, 6.45) is 2.46. The van der Waals surface area contributed by atoms with E-state index in [2.05, 4.69) is 23.2 Å². The molecule has 17 heteroatoms. The van der Waals surface area contributed by atoms with Gasteiger partial charge in [0.15, 0.2) is 0 Å². The van der Waals surface area contributed by atoms with Gasteiger partial charge >= 0.3 is 37.0 Å². The fourth-order valence-corrected chi connectivity index (χ4v) is 3.81. The smallest absolute Gasteiger partial charge is 0.870 e. The summed E-state index contributed by atoms with van der Waals surface area (Å²) in [5.41, 5.74) is 5.61. The summed E-state index contributed by atoms with van der Waals surface area (Å²) in [4.78, 5) is 71.3. The largest absolute Gasteiger partial charge is 1.00 e. The number of rotatable bonds is 14. The van der Waals surface area contributed by atoms with Gasteiger partial charge in [-0.15, -0.1) is 0 Å². The summed E-state index contributed by atoms with van der Waals surface area (Å²) in [6, 6.07) is -1.26. The van der Waals surface area contributed by atoms with Crippen molar-refractivity contribution >= 4 is 70.0 Å². The molecular formula is C26H41LiN4O10S2. The van der Waals surface area contributed by atoms with E-state index in [1.165, 1.54) is 38.0 Å². The molecule has 0 aromatic carbocycles. The molecule has 1 rings (SSSR count). The Labute approximate surface area is 275 Å². The molecule has 1 saturated heterocycles. The van der Waals surface area contributed by atoms with Crippen LogP contribution >= 0.6 is 24.4 Å². The number of hydrogen-bond acceptors (Lipinski definition) is 12. The van der Waals surface area contributed by atoms with Crippen LogP contribution in [0, 0.1) is 0 Å². The Morgan fingerprint density at radius 2 is 1.65 bits per heavy atom. The van der Waals surface area contributed by atoms with Crippen molar-refractivity contribution in [3.05, 3.63) is 25.3 Å². The Morgan fingerprint density at radius 1 is 1.12 bits per heavy atom. The second-order valence-corrected chi connectivity index (χ2v) is 9.30. The normalized spacial score (nSPS) is 13.7. The minimum Gasteiger partial charge on any atom is -0.870 e. The van der Waals surface area contributed by atoms with Gasteiger partial charge in [-0.3, -0.25) is 19.4 Å². The van der Waals surface area contributed by atoms with Crippen LogP contribution in [0.5, 0.6) is 0 Å². The minimum atomic E-state index is -0.776. The van der Waals surface area contributed by atoms with Crippen molar-refractivity contribution in [2.45, 2.75) is 59.0 Å². The van der Waals surface area contributed by atoms with Crippen LogP contribution in [-0.4, -0.2) is 106 Å². The standard InChI is InChI=1S/C13H20N2O5S.C12H16N2O4S.CH4.Li.H2O/c1-4-7-20-13(18)15(8-11(17)19-3)10(12(14)21)6-5-9(2)16;1-3-6-18-12(17)14-7-10(16)13-11(19)9(14)5-4-8(2)15;;;/h4,10H,1,5-8H2,2-3H3,(H2,14,21);3,9H,1,4-7H2,2H3,(H,13,16,19);1H4;;1H2/q;;;+1;/p-1/t10-;9-;;;/m00.../s1.